The van der Waals surface area contributed by atoms with Crippen molar-refractivity contribution in [3.8, 4) is 0 Å². The first-order valence-corrected chi connectivity index (χ1v) is 36.4. The Labute approximate surface area is 500 Å². The number of allylic oxidation sites excluding steroid dienone is 6. The van der Waals surface area contributed by atoms with Crippen molar-refractivity contribution in [2.45, 2.75) is 423 Å². The minimum atomic E-state index is -1.28. The van der Waals surface area contributed by atoms with Crippen LogP contribution < -0.4 is 5.32 Å². The van der Waals surface area contributed by atoms with E-state index in [1.165, 1.54) is 327 Å². The van der Waals surface area contributed by atoms with Crippen molar-refractivity contribution in [1.82, 2.24) is 5.32 Å². The zero-order chi connectivity index (χ0) is 58.0. The molecule has 0 aliphatic heterocycles. The molecule has 80 heavy (non-hydrogen) atoms. The van der Waals surface area contributed by atoms with Crippen molar-refractivity contribution in [3.63, 3.8) is 0 Å². The van der Waals surface area contributed by atoms with Crippen LogP contribution >= 0.6 is 0 Å². The number of aliphatic hydroxyl groups is 4. The summed E-state index contributed by atoms with van der Waals surface area (Å²) in [5.41, 5.74) is 0. The smallest absolute Gasteiger partial charge is 0.249 e. The lowest BCUT2D eigenvalue weighted by atomic mass is 10.00. The van der Waals surface area contributed by atoms with Crippen LogP contribution in [0.2, 0.25) is 0 Å². The fourth-order valence-electron chi connectivity index (χ4n) is 11.7. The summed E-state index contributed by atoms with van der Waals surface area (Å²) in [6.07, 6.45) is 88.6. The normalized spacial score (nSPS) is 13.6. The summed E-state index contributed by atoms with van der Waals surface area (Å²) in [5, 5.41) is 44.2. The second-order valence-electron chi connectivity index (χ2n) is 25.3. The molecule has 4 atom stereocenters. The van der Waals surface area contributed by atoms with Crippen LogP contribution in [0.3, 0.4) is 0 Å². The monoisotopic (exact) mass is 1130 g/mol. The van der Waals surface area contributed by atoms with Gasteiger partial charge in [0.05, 0.1) is 18.8 Å². The summed E-state index contributed by atoms with van der Waals surface area (Å²) in [7, 11) is 0. The van der Waals surface area contributed by atoms with Crippen molar-refractivity contribution in [2.24, 2.45) is 0 Å². The highest BCUT2D eigenvalue weighted by Crippen LogP contribution is 2.19. The van der Waals surface area contributed by atoms with Crippen LogP contribution in [0.25, 0.3) is 0 Å². The second kappa shape index (κ2) is 68.3. The van der Waals surface area contributed by atoms with Crippen molar-refractivity contribution in [1.29, 1.82) is 0 Å². The van der Waals surface area contributed by atoms with Crippen LogP contribution in [0, 0.1) is 0 Å². The van der Waals surface area contributed by atoms with Gasteiger partial charge in [-0.25, -0.2) is 0 Å². The number of hydrogen-bond donors (Lipinski definition) is 5. The van der Waals surface area contributed by atoms with Gasteiger partial charge in [-0.1, -0.05) is 365 Å². The summed E-state index contributed by atoms with van der Waals surface area (Å²) in [5.74, 6) is -0.587. The highest BCUT2D eigenvalue weighted by atomic mass is 16.3. The first kappa shape index (κ1) is 78.5. The van der Waals surface area contributed by atoms with Crippen LogP contribution in [0.4, 0.5) is 0 Å². The Bertz CT molecular complexity index is 1270. The van der Waals surface area contributed by atoms with E-state index in [0.29, 0.717) is 12.8 Å². The third-order valence-corrected chi connectivity index (χ3v) is 17.3. The van der Waals surface area contributed by atoms with Crippen molar-refractivity contribution in [3.05, 3.63) is 36.5 Å². The van der Waals surface area contributed by atoms with E-state index >= 15 is 0 Å². The van der Waals surface area contributed by atoms with E-state index < -0.39 is 36.9 Å². The zero-order valence-electron chi connectivity index (χ0n) is 54.1. The van der Waals surface area contributed by atoms with Gasteiger partial charge in [0.15, 0.2) is 0 Å². The molecule has 0 heterocycles. The molecule has 6 heteroatoms. The number of carbonyl (C=O) groups excluding carboxylic acids is 1. The molecular formula is C74H143NO5. The summed E-state index contributed by atoms with van der Waals surface area (Å²) < 4.78 is 0. The molecule has 0 spiro atoms. The van der Waals surface area contributed by atoms with E-state index in [1.54, 1.807) is 0 Å². The predicted molar refractivity (Wildman–Crippen MR) is 353 cm³/mol. The Morgan fingerprint density at radius 1 is 0.312 bits per heavy atom. The Morgan fingerprint density at radius 3 is 0.825 bits per heavy atom. The van der Waals surface area contributed by atoms with Crippen molar-refractivity contribution < 1.29 is 25.2 Å². The second-order valence-corrected chi connectivity index (χ2v) is 25.3. The highest BCUT2D eigenvalue weighted by molar-refractivity contribution is 5.80. The van der Waals surface area contributed by atoms with Crippen molar-refractivity contribution in [2.75, 3.05) is 6.61 Å². The first-order chi connectivity index (χ1) is 39.5. The van der Waals surface area contributed by atoms with Crippen LogP contribution in [0.1, 0.15) is 399 Å². The van der Waals surface area contributed by atoms with Crippen LogP contribution in [-0.4, -0.2) is 57.3 Å². The standard InChI is InChI=1S/C74H143NO5/c1-3-5-7-9-11-13-15-17-19-21-23-25-27-29-31-33-35-37-39-41-43-45-47-49-51-53-55-57-59-61-63-65-67-71(77)73(79)70(69-76)75-74(80)72(78)68-66-64-62-60-58-56-54-52-50-48-46-44-42-40-38-36-34-32-30-28-26-24-22-20-18-16-14-12-10-8-6-4-2/h24,26,30,32,59,61,70-73,76-79H,3-23,25,27-29,31,33-58,60,62-69H2,1-2H3,(H,75,80)/b26-24-,32-30-,61-59+. The maximum Gasteiger partial charge on any atom is 0.249 e. The molecule has 1 amide bonds. The number of hydrogen-bond acceptors (Lipinski definition) is 5. The van der Waals surface area contributed by atoms with Gasteiger partial charge in [-0.2, -0.15) is 0 Å². The summed E-state index contributed by atoms with van der Waals surface area (Å²) in [6.45, 7) is 4.10. The molecule has 0 aromatic carbocycles. The summed E-state index contributed by atoms with van der Waals surface area (Å²) in [6, 6.07) is -1.00. The fraction of sp³-hybridized carbons (Fsp3) is 0.905. The number of rotatable bonds is 68. The third kappa shape index (κ3) is 61.1. The van der Waals surface area contributed by atoms with E-state index in [9.17, 15) is 25.2 Å². The van der Waals surface area contributed by atoms with Gasteiger partial charge in [0, 0.05) is 0 Å². The summed E-state index contributed by atoms with van der Waals surface area (Å²) >= 11 is 0. The highest BCUT2D eigenvalue weighted by Gasteiger charge is 2.28. The van der Waals surface area contributed by atoms with Gasteiger partial charge in [-0.15, -0.1) is 0 Å². The maximum absolute atomic E-state index is 12.7. The molecule has 0 fully saturated rings. The fourth-order valence-corrected chi connectivity index (χ4v) is 11.7. The zero-order valence-corrected chi connectivity index (χ0v) is 54.1. The van der Waals surface area contributed by atoms with Gasteiger partial charge in [0.2, 0.25) is 5.91 Å². The molecule has 0 saturated heterocycles. The molecule has 0 rings (SSSR count). The number of unbranched alkanes of at least 4 members (excludes halogenated alkanes) is 53. The topological polar surface area (TPSA) is 110 Å². The van der Waals surface area contributed by atoms with E-state index in [-0.39, 0.29) is 0 Å². The average Bonchev–Trinajstić information content (AvgIpc) is 3.46. The SMILES string of the molecule is CCCCCCCCCCC/C=C\C/C=C\CCCCCCCCCCCCCCCCCCC(O)C(=O)NC(CO)C(O)C(O)CCC/C=C/CCCCCCCCCCCCCCCCCCCCCCCCCCCCC. The first-order valence-electron chi connectivity index (χ1n) is 36.4. The molecule has 0 saturated carbocycles. The molecule has 4 unspecified atom stereocenters. The third-order valence-electron chi connectivity index (χ3n) is 17.3. The van der Waals surface area contributed by atoms with E-state index in [0.717, 1.165) is 44.9 Å². The van der Waals surface area contributed by atoms with Gasteiger partial charge < -0.3 is 25.7 Å². The molecule has 6 nitrogen and oxygen atoms in total. The van der Waals surface area contributed by atoms with Gasteiger partial charge in [-0.3, -0.25) is 4.79 Å². The molecule has 0 aliphatic rings. The van der Waals surface area contributed by atoms with Gasteiger partial charge >= 0.3 is 0 Å². The minimum Gasteiger partial charge on any atom is -0.394 e. The van der Waals surface area contributed by atoms with Gasteiger partial charge in [0.25, 0.3) is 0 Å². The van der Waals surface area contributed by atoms with Gasteiger partial charge in [0.1, 0.15) is 12.2 Å². The van der Waals surface area contributed by atoms with E-state index in [2.05, 4.69) is 55.6 Å². The Kier molecular flexibility index (Phi) is 67.1. The summed E-state index contributed by atoms with van der Waals surface area (Å²) in [4.78, 5) is 12.7. The number of nitrogens with one attached hydrogen (secondary N) is 1. The molecular weight excluding hydrogens is 983 g/mol. The Morgan fingerprint density at radius 2 is 0.550 bits per heavy atom. The minimum absolute atomic E-state index is 0.365. The van der Waals surface area contributed by atoms with Crippen LogP contribution in [0.5, 0.6) is 0 Å². The largest absolute Gasteiger partial charge is 0.394 e. The van der Waals surface area contributed by atoms with Crippen molar-refractivity contribution >= 4 is 5.91 Å². The molecule has 5 N–H and O–H groups in total. The number of aliphatic hydroxyl groups excluding tert-OH is 4. The lowest BCUT2D eigenvalue weighted by molar-refractivity contribution is -0.132. The molecule has 0 aromatic heterocycles. The van der Waals surface area contributed by atoms with Crippen LogP contribution in [-0.2, 0) is 4.79 Å². The maximum atomic E-state index is 12.7. The molecule has 0 radical (unpaired) electrons. The Hall–Kier alpha value is -1.47. The van der Waals surface area contributed by atoms with E-state index in [4.69, 9.17) is 0 Å². The Balaban J connectivity index is 3.56. The molecule has 474 valence electrons. The quantitative estimate of drug-likeness (QED) is 0.0308. The molecule has 0 aliphatic carbocycles. The van der Waals surface area contributed by atoms with E-state index in [1.807, 2.05) is 0 Å². The van der Waals surface area contributed by atoms with Gasteiger partial charge in [-0.05, 0) is 70.6 Å². The number of carbonyl (C=O) groups is 1. The lowest BCUT2D eigenvalue weighted by Crippen LogP contribution is -2.53. The lowest BCUT2D eigenvalue weighted by Gasteiger charge is -2.27. The molecule has 0 bridgehead atoms. The average molecular weight is 1130 g/mol. The molecule has 0 aromatic rings. The van der Waals surface area contributed by atoms with Crippen LogP contribution in [0.15, 0.2) is 36.5 Å². The number of amides is 1. The predicted octanol–water partition coefficient (Wildman–Crippen LogP) is 22.7.